The second kappa shape index (κ2) is 7.85. The molecule has 23 heavy (non-hydrogen) atoms. The highest BCUT2D eigenvalue weighted by molar-refractivity contribution is 5.97. The van der Waals surface area contributed by atoms with Gasteiger partial charge in [-0.05, 0) is 31.0 Å². The van der Waals surface area contributed by atoms with Gasteiger partial charge in [0.1, 0.15) is 11.6 Å². The Hall–Kier alpha value is -2.24. The third kappa shape index (κ3) is 4.37. The van der Waals surface area contributed by atoms with E-state index < -0.39 is 11.6 Å². The first-order valence-electron chi connectivity index (χ1n) is 7.44. The van der Waals surface area contributed by atoms with Gasteiger partial charge in [-0.15, -0.1) is 0 Å². The third-order valence-corrected chi connectivity index (χ3v) is 3.69. The number of ketones is 1. The number of benzene rings is 2. The Bertz CT molecular complexity index is 673. The highest BCUT2D eigenvalue weighted by Gasteiger charge is 2.16. The maximum atomic E-state index is 13.6. The fourth-order valence-corrected chi connectivity index (χ4v) is 2.49. The van der Waals surface area contributed by atoms with Crippen LogP contribution in [0.4, 0.5) is 4.39 Å². The lowest BCUT2D eigenvalue weighted by molar-refractivity contribution is 0.101. The number of aliphatic hydroxyl groups is 1. The van der Waals surface area contributed by atoms with E-state index in [1.165, 1.54) is 13.0 Å². The average molecular weight is 317 g/mol. The molecule has 5 heteroatoms. The fraction of sp³-hybridized carbons (Fsp3) is 0.278. The number of carbonyl (C=O) groups excluding carboxylic acids is 1. The van der Waals surface area contributed by atoms with E-state index in [1.54, 1.807) is 0 Å². The molecule has 0 saturated heterocycles. The molecule has 4 nitrogen and oxygen atoms in total. The van der Waals surface area contributed by atoms with Gasteiger partial charge in [-0.25, -0.2) is 4.39 Å². The van der Waals surface area contributed by atoms with E-state index >= 15 is 0 Å². The molecule has 0 saturated carbocycles. The molecule has 1 atom stereocenters. The van der Waals surface area contributed by atoms with E-state index in [0.29, 0.717) is 12.0 Å². The van der Waals surface area contributed by atoms with Gasteiger partial charge >= 0.3 is 0 Å². The van der Waals surface area contributed by atoms with Crippen molar-refractivity contribution < 1.29 is 19.4 Å². The van der Waals surface area contributed by atoms with Gasteiger partial charge < -0.3 is 15.5 Å². The minimum atomic E-state index is -0.566. The molecule has 0 radical (unpaired) electrons. The maximum Gasteiger partial charge on any atom is 0.163 e. The summed E-state index contributed by atoms with van der Waals surface area (Å²) in [4.78, 5) is 11.5. The molecular weight excluding hydrogens is 297 g/mol. The average Bonchev–Trinajstić information content (AvgIpc) is 2.54. The molecule has 0 heterocycles. The first-order chi connectivity index (χ1) is 11.0. The zero-order chi connectivity index (χ0) is 16.8. The largest absolute Gasteiger partial charge is 0.507 e. The Kier molecular flexibility index (Phi) is 5.84. The van der Waals surface area contributed by atoms with Crippen molar-refractivity contribution in [2.75, 3.05) is 6.61 Å². The molecule has 0 spiro atoms. The molecule has 0 aromatic heterocycles. The van der Waals surface area contributed by atoms with Crippen LogP contribution in [0.5, 0.6) is 5.75 Å². The quantitative estimate of drug-likeness (QED) is 0.687. The summed E-state index contributed by atoms with van der Waals surface area (Å²) in [7, 11) is 0. The van der Waals surface area contributed by atoms with Crippen molar-refractivity contribution in [2.45, 2.75) is 25.9 Å². The molecule has 2 aromatic carbocycles. The lowest BCUT2D eigenvalue weighted by Crippen LogP contribution is -2.22. The summed E-state index contributed by atoms with van der Waals surface area (Å²) in [6.45, 7) is 1.47. The van der Waals surface area contributed by atoms with Gasteiger partial charge in [-0.3, -0.25) is 4.79 Å². The lowest BCUT2D eigenvalue weighted by Gasteiger charge is -2.19. The van der Waals surface area contributed by atoms with E-state index in [2.05, 4.69) is 5.32 Å². The molecule has 0 amide bonds. The van der Waals surface area contributed by atoms with Gasteiger partial charge in [0.15, 0.2) is 5.78 Å². The summed E-state index contributed by atoms with van der Waals surface area (Å²) >= 11 is 0. The van der Waals surface area contributed by atoms with E-state index in [9.17, 15) is 19.4 Å². The highest BCUT2D eigenvalue weighted by atomic mass is 19.1. The predicted molar refractivity (Wildman–Crippen MR) is 85.8 cm³/mol. The van der Waals surface area contributed by atoms with Gasteiger partial charge in [0.05, 0.1) is 5.56 Å². The second-order valence-electron chi connectivity index (χ2n) is 5.37. The van der Waals surface area contributed by atoms with E-state index in [0.717, 1.165) is 11.6 Å². The van der Waals surface area contributed by atoms with Crippen molar-refractivity contribution in [3.8, 4) is 5.75 Å². The van der Waals surface area contributed by atoms with Crippen molar-refractivity contribution in [2.24, 2.45) is 0 Å². The molecule has 1 unspecified atom stereocenters. The minimum Gasteiger partial charge on any atom is -0.507 e. The van der Waals surface area contributed by atoms with Gasteiger partial charge in [-0.2, -0.15) is 0 Å². The maximum absolute atomic E-state index is 13.6. The zero-order valence-corrected chi connectivity index (χ0v) is 12.9. The number of aromatic hydroxyl groups is 1. The first-order valence-corrected chi connectivity index (χ1v) is 7.44. The van der Waals surface area contributed by atoms with Crippen molar-refractivity contribution >= 4 is 5.78 Å². The predicted octanol–water partition coefficient (Wildman–Crippen LogP) is 2.95. The normalized spacial score (nSPS) is 12.1. The number of carbonyl (C=O) groups is 1. The number of Topliss-reactive ketones (excluding diaryl/α,β-unsaturated/α-hetero) is 1. The van der Waals surface area contributed by atoms with Crippen LogP contribution in [0.1, 0.15) is 40.9 Å². The molecular formula is C18H20FNO3. The van der Waals surface area contributed by atoms with Crippen LogP contribution in [-0.4, -0.2) is 22.6 Å². The smallest absolute Gasteiger partial charge is 0.163 e. The topological polar surface area (TPSA) is 69.6 Å². The molecule has 3 N–H and O–H groups in total. The molecule has 122 valence electrons. The standard InChI is InChI=1S/C18H20FNO3/c1-12(22)16-10-15(19)9-14(18(16)23)11-20-17(7-8-21)13-5-3-2-4-6-13/h2-6,9-10,17,20-21,23H,7-8,11H2,1H3. The van der Waals surface area contributed by atoms with Gasteiger partial charge in [0.2, 0.25) is 0 Å². The lowest BCUT2D eigenvalue weighted by atomic mass is 10.0. The van der Waals surface area contributed by atoms with Crippen LogP contribution >= 0.6 is 0 Å². The number of hydrogen-bond donors (Lipinski definition) is 3. The third-order valence-electron chi connectivity index (χ3n) is 3.69. The summed E-state index contributed by atoms with van der Waals surface area (Å²) in [5, 5.41) is 22.5. The van der Waals surface area contributed by atoms with E-state index in [4.69, 9.17) is 0 Å². The van der Waals surface area contributed by atoms with Crippen LogP contribution in [0, 0.1) is 5.82 Å². The van der Waals surface area contributed by atoms with Crippen LogP contribution in [-0.2, 0) is 6.54 Å². The number of nitrogens with one attached hydrogen (secondary N) is 1. The van der Waals surface area contributed by atoms with Crippen molar-refractivity contribution in [1.82, 2.24) is 5.32 Å². The summed E-state index contributed by atoms with van der Waals surface area (Å²) in [5.41, 5.74) is 1.28. The number of phenolic OH excluding ortho intramolecular Hbond substituents is 1. The molecule has 2 aromatic rings. The number of halogens is 1. The Labute approximate surface area is 134 Å². The van der Waals surface area contributed by atoms with Crippen LogP contribution in [0.25, 0.3) is 0 Å². The SMILES string of the molecule is CC(=O)c1cc(F)cc(CNC(CCO)c2ccccc2)c1O. The Morgan fingerprint density at radius 3 is 2.57 bits per heavy atom. The molecule has 0 bridgehead atoms. The van der Waals surface area contributed by atoms with Crippen molar-refractivity contribution in [3.05, 3.63) is 65.0 Å². The number of hydrogen-bond acceptors (Lipinski definition) is 4. The van der Waals surface area contributed by atoms with Crippen molar-refractivity contribution in [1.29, 1.82) is 0 Å². The van der Waals surface area contributed by atoms with Crippen LogP contribution in [0.15, 0.2) is 42.5 Å². The molecule has 0 fully saturated rings. The molecule has 0 aliphatic carbocycles. The zero-order valence-electron chi connectivity index (χ0n) is 12.9. The summed E-state index contributed by atoms with van der Waals surface area (Å²) in [6, 6.07) is 11.7. The van der Waals surface area contributed by atoms with E-state index in [1.807, 2.05) is 30.3 Å². The number of rotatable bonds is 7. The van der Waals surface area contributed by atoms with E-state index in [-0.39, 0.29) is 30.5 Å². The Balaban J connectivity index is 2.20. The van der Waals surface area contributed by atoms with Crippen LogP contribution < -0.4 is 5.32 Å². The fourth-order valence-electron chi connectivity index (χ4n) is 2.49. The molecule has 2 rings (SSSR count). The summed E-state index contributed by atoms with van der Waals surface area (Å²) in [5.74, 6) is -1.16. The molecule has 0 aliphatic rings. The van der Waals surface area contributed by atoms with Gasteiger partial charge in [0, 0.05) is 24.8 Å². The number of phenols is 1. The minimum absolute atomic E-state index is 0.000387. The van der Waals surface area contributed by atoms with Crippen molar-refractivity contribution in [3.63, 3.8) is 0 Å². The van der Waals surface area contributed by atoms with Gasteiger partial charge in [0.25, 0.3) is 0 Å². The van der Waals surface area contributed by atoms with Crippen LogP contribution in [0.2, 0.25) is 0 Å². The number of aliphatic hydroxyl groups excluding tert-OH is 1. The second-order valence-corrected chi connectivity index (χ2v) is 5.37. The first kappa shape index (κ1) is 17.1. The van der Waals surface area contributed by atoms with Crippen LogP contribution in [0.3, 0.4) is 0 Å². The Morgan fingerprint density at radius 2 is 1.96 bits per heavy atom. The van der Waals surface area contributed by atoms with Gasteiger partial charge in [-0.1, -0.05) is 30.3 Å². The highest BCUT2D eigenvalue weighted by Crippen LogP contribution is 2.26. The summed E-state index contributed by atoms with van der Waals surface area (Å²) in [6.07, 6.45) is 0.486. The Morgan fingerprint density at radius 1 is 1.26 bits per heavy atom. The monoisotopic (exact) mass is 317 g/mol. The summed E-state index contributed by atoms with van der Waals surface area (Å²) < 4.78 is 13.6. The molecule has 0 aliphatic heterocycles.